The molecule has 7 heteroatoms. The number of benzene rings is 1. The number of hydrogen-bond donors (Lipinski definition) is 2. The minimum atomic E-state index is -3.83. The summed E-state index contributed by atoms with van der Waals surface area (Å²) < 4.78 is 25.5. The topological polar surface area (TPSA) is 75.3 Å². The molecule has 1 atom stereocenters. The van der Waals surface area contributed by atoms with Gasteiger partial charge in [0.05, 0.1) is 4.90 Å². The quantitative estimate of drug-likeness (QED) is 0.827. The number of aryl methyl sites for hydroxylation is 1. The van der Waals surface area contributed by atoms with Gasteiger partial charge in [-0.1, -0.05) is 17.7 Å². The lowest BCUT2D eigenvalue weighted by atomic mass is 10.2. The van der Waals surface area contributed by atoms with E-state index in [4.69, 9.17) is 11.6 Å². The summed E-state index contributed by atoms with van der Waals surface area (Å²) >= 11 is 5.64. The zero-order chi connectivity index (χ0) is 13.8. The van der Waals surface area contributed by atoms with Gasteiger partial charge < -0.3 is 5.32 Å². The maximum Gasteiger partial charge on any atom is 0.328 e. The second kappa shape index (κ2) is 6.06. The Morgan fingerprint density at radius 3 is 2.39 bits per heavy atom. The summed E-state index contributed by atoms with van der Waals surface area (Å²) in [6, 6.07) is 5.41. The predicted octanol–water partition coefficient (Wildman–Crippen LogP) is 1.61. The molecule has 2 amide bonds. The largest absolute Gasteiger partial charge is 0.336 e. The fraction of sp³-hybridized carbons (Fsp3) is 0.364. The number of halogens is 1. The van der Waals surface area contributed by atoms with E-state index in [0.29, 0.717) is 0 Å². The van der Waals surface area contributed by atoms with Crippen LogP contribution < -0.4 is 10.0 Å². The highest BCUT2D eigenvalue weighted by atomic mass is 35.5. The average molecular weight is 291 g/mol. The first-order valence-electron chi connectivity index (χ1n) is 5.32. The van der Waals surface area contributed by atoms with Crippen molar-refractivity contribution in [3.63, 3.8) is 0 Å². The van der Waals surface area contributed by atoms with E-state index in [-0.39, 0.29) is 16.8 Å². The zero-order valence-corrected chi connectivity index (χ0v) is 11.7. The Hall–Kier alpha value is -1.27. The van der Waals surface area contributed by atoms with Crippen molar-refractivity contribution in [3.8, 4) is 0 Å². The second-order valence-electron chi connectivity index (χ2n) is 3.91. The number of nitrogens with one attached hydrogen (secondary N) is 2. The van der Waals surface area contributed by atoms with E-state index in [9.17, 15) is 13.2 Å². The van der Waals surface area contributed by atoms with Crippen molar-refractivity contribution in [2.24, 2.45) is 0 Å². The molecule has 5 nitrogen and oxygen atoms in total. The highest BCUT2D eigenvalue weighted by Gasteiger charge is 2.17. The molecule has 0 saturated heterocycles. The Kier molecular flexibility index (Phi) is 4.98. The predicted molar refractivity (Wildman–Crippen MR) is 70.2 cm³/mol. The Morgan fingerprint density at radius 2 is 1.89 bits per heavy atom. The molecular formula is C11H15ClN2O3S. The van der Waals surface area contributed by atoms with E-state index >= 15 is 0 Å². The maximum absolute atomic E-state index is 11.8. The fourth-order valence-electron chi connectivity index (χ4n) is 1.17. The van der Waals surface area contributed by atoms with Gasteiger partial charge in [-0.3, -0.25) is 0 Å². The number of rotatable bonds is 4. The summed E-state index contributed by atoms with van der Waals surface area (Å²) in [6.07, 6.45) is 0. The van der Waals surface area contributed by atoms with E-state index < -0.39 is 16.1 Å². The molecule has 0 saturated carbocycles. The molecule has 1 rings (SSSR count). The Balaban J connectivity index is 2.70. The third-order valence-electron chi connectivity index (χ3n) is 2.10. The van der Waals surface area contributed by atoms with Crippen LogP contribution in [0.25, 0.3) is 0 Å². The minimum Gasteiger partial charge on any atom is -0.336 e. The van der Waals surface area contributed by atoms with Gasteiger partial charge in [0, 0.05) is 11.9 Å². The molecule has 0 aliphatic rings. The van der Waals surface area contributed by atoms with Crippen LogP contribution in [0.5, 0.6) is 0 Å². The van der Waals surface area contributed by atoms with E-state index in [0.717, 1.165) is 5.56 Å². The van der Waals surface area contributed by atoms with Crippen LogP contribution in [0.3, 0.4) is 0 Å². The molecule has 0 aliphatic heterocycles. The van der Waals surface area contributed by atoms with Crippen molar-refractivity contribution in [2.75, 3.05) is 6.54 Å². The van der Waals surface area contributed by atoms with Crippen LogP contribution in [-0.2, 0) is 10.0 Å². The van der Waals surface area contributed by atoms with Gasteiger partial charge in [-0.2, -0.15) is 0 Å². The van der Waals surface area contributed by atoms with Gasteiger partial charge in [0.15, 0.2) is 0 Å². The van der Waals surface area contributed by atoms with E-state index in [1.54, 1.807) is 19.1 Å². The monoisotopic (exact) mass is 290 g/mol. The lowest BCUT2D eigenvalue weighted by Gasteiger charge is -2.09. The lowest BCUT2D eigenvalue weighted by Crippen LogP contribution is -2.41. The van der Waals surface area contributed by atoms with Crippen LogP contribution in [0.15, 0.2) is 29.2 Å². The first-order chi connectivity index (χ1) is 8.31. The molecule has 1 aromatic carbocycles. The van der Waals surface area contributed by atoms with Crippen LogP contribution >= 0.6 is 11.6 Å². The number of carbonyl (C=O) groups is 1. The van der Waals surface area contributed by atoms with Crippen molar-refractivity contribution in [1.29, 1.82) is 0 Å². The summed E-state index contributed by atoms with van der Waals surface area (Å²) in [6.45, 7) is 3.73. The zero-order valence-electron chi connectivity index (χ0n) is 10.1. The molecule has 0 spiro atoms. The van der Waals surface area contributed by atoms with Gasteiger partial charge >= 0.3 is 6.03 Å². The maximum atomic E-state index is 11.8. The smallest absolute Gasteiger partial charge is 0.328 e. The molecule has 0 aliphatic carbocycles. The first-order valence-corrected chi connectivity index (χ1v) is 7.24. The van der Waals surface area contributed by atoms with Crippen LogP contribution in [0, 0.1) is 6.92 Å². The highest BCUT2D eigenvalue weighted by Crippen LogP contribution is 2.09. The third-order valence-corrected chi connectivity index (χ3v) is 3.60. The van der Waals surface area contributed by atoms with Crippen molar-refractivity contribution < 1.29 is 13.2 Å². The molecule has 1 unspecified atom stereocenters. The van der Waals surface area contributed by atoms with Crippen LogP contribution in [0.1, 0.15) is 12.5 Å². The third kappa shape index (κ3) is 4.54. The number of urea groups is 1. The van der Waals surface area contributed by atoms with Crippen LogP contribution in [-0.4, -0.2) is 26.4 Å². The van der Waals surface area contributed by atoms with Gasteiger partial charge in [-0.05, 0) is 26.0 Å². The van der Waals surface area contributed by atoms with E-state index in [2.05, 4.69) is 5.32 Å². The molecule has 2 N–H and O–H groups in total. The molecule has 0 heterocycles. The number of carbonyl (C=O) groups excluding carboxylic acids is 1. The molecule has 1 aromatic rings. The second-order valence-corrected chi connectivity index (χ2v) is 6.34. The van der Waals surface area contributed by atoms with E-state index in [1.165, 1.54) is 12.1 Å². The van der Waals surface area contributed by atoms with Gasteiger partial charge in [-0.25, -0.2) is 17.9 Å². The molecular weight excluding hydrogens is 276 g/mol. The molecule has 100 valence electrons. The highest BCUT2D eigenvalue weighted by molar-refractivity contribution is 7.90. The van der Waals surface area contributed by atoms with E-state index in [1.807, 2.05) is 11.6 Å². The summed E-state index contributed by atoms with van der Waals surface area (Å²) in [5.41, 5.74) is 0.939. The Morgan fingerprint density at radius 1 is 1.33 bits per heavy atom. The van der Waals surface area contributed by atoms with Crippen LogP contribution in [0.2, 0.25) is 0 Å². The van der Waals surface area contributed by atoms with Crippen LogP contribution in [0.4, 0.5) is 4.79 Å². The molecule has 0 radical (unpaired) electrons. The Labute approximate surface area is 112 Å². The van der Waals surface area contributed by atoms with Crippen molar-refractivity contribution in [1.82, 2.24) is 10.0 Å². The number of sulfonamides is 1. The van der Waals surface area contributed by atoms with Crippen molar-refractivity contribution in [3.05, 3.63) is 29.8 Å². The number of amides is 2. The summed E-state index contributed by atoms with van der Waals surface area (Å²) in [7, 11) is -3.83. The van der Waals surface area contributed by atoms with Gasteiger partial charge in [0.2, 0.25) is 0 Å². The Bertz CT molecular complexity index is 512. The molecule has 0 fully saturated rings. The standard InChI is InChI=1S/C11H15ClN2O3S/c1-8-3-5-10(6-4-8)18(16,17)14-11(15)13-7-9(2)12/h3-6,9H,7H2,1-2H3,(H2,13,14,15). The molecule has 18 heavy (non-hydrogen) atoms. The number of alkyl halides is 1. The SMILES string of the molecule is Cc1ccc(S(=O)(=O)NC(=O)NCC(C)Cl)cc1. The first kappa shape index (κ1) is 14.8. The fourth-order valence-corrected chi connectivity index (χ4v) is 2.17. The normalized spacial score (nSPS) is 12.8. The van der Waals surface area contributed by atoms with Gasteiger partial charge in [0.25, 0.3) is 10.0 Å². The summed E-state index contributed by atoms with van der Waals surface area (Å²) in [5, 5.41) is 2.09. The lowest BCUT2D eigenvalue weighted by molar-refractivity contribution is 0.246. The average Bonchev–Trinajstić information content (AvgIpc) is 2.26. The van der Waals surface area contributed by atoms with Crippen molar-refractivity contribution in [2.45, 2.75) is 24.1 Å². The van der Waals surface area contributed by atoms with Gasteiger partial charge in [0.1, 0.15) is 0 Å². The van der Waals surface area contributed by atoms with Crippen molar-refractivity contribution >= 4 is 27.7 Å². The number of hydrogen-bond acceptors (Lipinski definition) is 3. The molecule has 0 bridgehead atoms. The minimum absolute atomic E-state index is 0.0437. The van der Waals surface area contributed by atoms with Gasteiger partial charge in [-0.15, -0.1) is 11.6 Å². The molecule has 0 aromatic heterocycles. The summed E-state index contributed by atoms with van der Waals surface area (Å²) in [5.74, 6) is 0. The summed E-state index contributed by atoms with van der Waals surface area (Å²) in [4.78, 5) is 11.4.